The predicted octanol–water partition coefficient (Wildman–Crippen LogP) is 4.54. The first kappa shape index (κ1) is 11.2. The van der Waals surface area contributed by atoms with Gasteiger partial charge in [0.2, 0.25) is 0 Å². The van der Waals surface area contributed by atoms with Gasteiger partial charge < -0.3 is 4.74 Å². The Hall–Kier alpha value is 0.0800. The van der Waals surface area contributed by atoms with E-state index in [0.717, 1.165) is 10.9 Å². The second-order valence-electron chi connectivity index (χ2n) is 2.55. The third kappa shape index (κ3) is 3.04. The van der Waals surface area contributed by atoms with Crippen LogP contribution < -0.4 is 4.74 Å². The lowest BCUT2D eigenvalue weighted by Crippen LogP contribution is -1.96. The molecule has 0 aliphatic heterocycles. The first-order chi connectivity index (χ1) is 6.15. The molecule has 0 fully saturated rings. The van der Waals surface area contributed by atoms with Crippen LogP contribution in [-0.4, -0.2) is 6.61 Å². The lowest BCUT2D eigenvalue weighted by Gasteiger charge is -2.08. The zero-order valence-corrected chi connectivity index (χ0v) is 10.2. The monoisotopic (exact) mass is 282 g/mol. The van der Waals surface area contributed by atoms with Crippen LogP contribution in [-0.2, 0) is 0 Å². The standard InChI is InChI=1S/C9H9BrCl2O/c1-2-3-13-9-7(11)4-6(10)5-8(9)12/h4-5H,2-3H2,1H3. The van der Waals surface area contributed by atoms with Gasteiger partial charge in [0.1, 0.15) is 0 Å². The lowest BCUT2D eigenvalue weighted by molar-refractivity contribution is 0.318. The first-order valence-electron chi connectivity index (χ1n) is 3.92. The van der Waals surface area contributed by atoms with Crippen LogP contribution in [0.3, 0.4) is 0 Å². The van der Waals surface area contributed by atoms with Crippen molar-refractivity contribution in [3.05, 3.63) is 26.7 Å². The van der Waals surface area contributed by atoms with E-state index < -0.39 is 0 Å². The van der Waals surface area contributed by atoms with Gasteiger partial charge in [-0.1, -0.05) is 46.1 Å². The molecule has 0 amide bonds. The summed E-state index contributed by atoms with van der Waals surface area (Å²) in [5.41, 5.74) is 0. The minimum Gasteiger partial charge on any atom is -0.490 e. The normalized spacial score (nSPS) is 10.2. The van der Waals surface area contributed by atoms with Crippen LogP contribution in [0.25, 0.3) is 0 Å². The quantitative estimate of drug-likeness (QED) is 0.791. The highest BCUT2D eigenvalue weighted by Crippen LogP contribution is 2.35. The van der Waals surface area contributed by atoms with E-state index in [1.165, 1.54) is 0 Å². The molecule has 4 heteroatoms. The smallest absolute Gasteiger partial charge is 0.156 e. The fourth-order valence-electron chi connectivity index (χ4n) is 0.871. The van der Waals surface area contributed by atoms with Crippen LogP contribution in [0.1, 0.15) is 13.3 Å². The molecule has 0 saturated carbocycles. The highest BCUT2D eigenvalue weighted by molar-refractivity contribution is 9.10. The number of halogens is 3. The Morgan fingerprint density at radius 3 is 2.31 bits per heavy atom. The maximum Gasteiger partial charge on any atom is 0.156 e. The number of benzene rings is 1. The van der Waals surface area contributed by atoms with Crippen LogP contribution in [0.15, 0.2) is 16.6 Å². The molecular formula is C9H9BrCl2O. The van der Waals surface area contributed by atoms with Crippen molar-refractivity contribution in [1.29, 1.82) is 0 Å². The zero-order valence-electron chi connectivity index (χ0n) is 7.11. The van der Waals surface area contributed by atoms with Crippen LogP contribution in [0.5, 0.6) is 5.75 Å². The summed E-state index contributed by atoms with van der Waals surface area (Å²) in [7, 11) is 0. The molecule has 0 aromatic heterocycles. The Labute approximate surface area is 96.1 Å². The van der Waals surface area contributed by atoms with E-state index in [2.05, 4.69) is 15.9 Å². The minimum atomic E-state index is 0.535. The van der Waals surface area contributed by atoms with Crippen molar-refractivity contribution < 1.29 is 4.74 Å². The summed E-state index contributed by atoms with van der Waals surface area (Å²) >= 11 is 15.2. The van der Waals surface area contributed by atoms with Crippen molar-refractivity contribution in [2.24, 2.45) is 0 Å². The molecule has 0 N–H and O–H groups in total. The summed E-state index contributed by atoms with van der Waals surface area (Å²) in [6.07, 6.45) is 0.933. The molecule has 1 rings (SSSR count). The Morgan fingerprint density at radius 2 is 1.85 bits per heavy atom. The lowest BCUT2D eigenvalue weighted by atomic mass is 10.3. The molecule has 0 aliphatic carbocycles. The van der Waals surface area contributed by atoms with E-state index in [9.17, 15) is 0 Å². The van der Waals surface area contributed by atoms with Crippen molar-refractivity contribution in [3.8, 4) is 5.75 Å². The number of ether oxygens (including phenoxy) is 1. The van der Waals surface area contributed by atoms with E-state index in [4.69, 9.17) is 27.9 Å². The fourth-order valence-corrected chi connectivity index (χ4v) is 2.19. The number of hydrogen-bond donors (Lipinski definition) is 0. The number of rotatable bonds is 3. The van der Waals surface area contributed by atoms with Gasteiger partial charge in [-0.3, -0.25) is 0 Å². The summed E-state index contributed by atoms with van der Waals surface area (Å²) in [5, 5.41) is 1.07. The maximum atomic E-state index is 5.93. The van der Waals surface area contributed by atoms with Crippen molar-refractivity contribution in [1.82, 2.24) is 0 Å². The van der Waals surface area contributed by atoms with Crippen LogP contribution >= 0.6 is 39.1 Å². The van der Waals surface area contributed by atoms with Gasteiger partial charge in [-0.2, -0.15) is 0 Å². The minimum absolute atomic E-state index is 0.535. The third-order valence-electron chi connectivity index (χ3n) is 1.41. The SMILES string of the molecule is CCCOc1c(Cl)cc(Br)cc1Cl. The van der Waals surface area contributed by atoms with Gasteiger partial charge in [-0.15, -0.1) is 0 Å². The average Bonchev–Trinajstić information content (AvgIpc) is 2.02. The second kappa shape index (κ2) is 5.08. The molecule has 1 aromatic carbocycles. The molecule has 0 saturated heterocycles. The highest BCUT2D eigenvalue weighted by Gasteiger charge is 2.07. The highest BCUT2D eigenvalue weighted by atomic mass is 79.9. The van der Waals surface area contributed by atoms with E-state index in [0.29, 0.717) is 22.4 Å². The summed E-state index contributed by atoms with van der Waals surface area (Å²) in [6, 6.07) is 3.52. The zero-order chi connectivity index (χ0) is 9.84. The first-order valence-corrected chi connectivity index (χ1v) is 5.47. The van der Waals surface area contributed by atoms with Crippen molar-refractivity contribution in [2.45, 2.75) is 13.3 Å². The predicted molar refractivity (Wildman–Crippen MR) is 59.9 cm³/mol. The fraction of sp³-hybridized carbons (Fsp3) is 0.333. The second-order valence-corrected chi connectivity index (χ2v) is 4.28. The van der Waals surface area contributed by atoms with Crippen molar-refractivity contribution in [2.75, 3.05) is 6.61 Å². The molecule has 0 spiro atoms. The van der Waals surface area contributed by atoms with Crippen molar-refractivity contribution >= 4 is 39.1 Å². The van der Waals surface area contributed by atoms with Gasteiger partial charge in [0.15, 0.2) is 5.75 Å². The Bertz CT molecular complexity index is 279. The van der Waals surface area contributed by atoms with Crippen LogP contribution in [0.4, 0.5) is 0 Å². The molecule has 1 aromatic rings. The summed E-state index contributed by atoms with van der Waals surface area (Å²) in [4.78, 5) is 0. The Kier molecular flexibility index (Phi) is 4.36. The molecule has 0 aliphatic rings. The van der Waals surface area contributed by atoms with Gasteiger partial charge >= 0.3 is 0 Å². The molecule has 13 heavy (non-hydrogen) atoms. The largest absolute Gasteiger partial charge is 0.490 e. The van der Waals surface area contributed by atoms with Gasteiger partial charge in [0, 0.05) is 4.47 Å². The van der Waals surface area contributed by atoms with Gasteiger partial charge in [0.05, 0.1) is 16.7 Å². The average molecular weight is 284 g/mol. The van der Waals surface area contributed by atoms with E-state index in [-0.39, 0.29) is 0 Å². The molecule has 0 atom stereocenters. The molecule has 72 valence electrons. The molecule has 0 bridgehead atoms. The summed E-state index contributed by atoms with van der Waals surface area (Å²) in [6.45, 7) is 2.65. The van der Waals surface area contributed by atoms with E-state index in [1.54, 1.807) is 12.1 Å². The summed E-state index contributed by atoms with van der Waals surface area (Å²) < 4.78 is 6.24. The molecule has 0 unspecified atom stereocenters. The van der Waals surface area contributed by atoms with Gasteiger partial charge in [-0.25, -0.2) is 0 Å². The Morgan fingerprint density at radius 1 is 1.31 bits per heavy atom. The van der Waals surface area contributed by atoms with Gasteiger partial charge in [-0.05, 0) is 18.6 Å². The number of hydrogen-bond acceptors (Lipinski definition) is 1. The van der Waals surface area contributed by atoms with Gasteiger partial charge in [0.25, 0.3) is 0 Å². The molecule has 1 nitrogen and oxygen atoms in total. The molecule has 0 heterocycles. The maximum absolute atomic E-state index is 5.93. The molecule has 0 radical (unpaired) electrons. The summed E-state index contributed by atoms with van der Waals surface area (Å²) in [5.74, 6) is 0.563. The third-order valence-corrected chi connectivity index (χ3v) is 2.43. The van der Waals surface area contributed by atoms with Crippen LogP contribution in [0, 0.1) is 0 Å². The van der Waals surface area contributed by atoms with Crippen LogP contribution in [0.2, 0.25) is 10.0 Å². The van der Waals surface area contributed by atoms with E-state index >= 15 is 0 Å². The van der Waals surface area contributed by atoms with Crippen molar-refractivity contribution in [3.63, 3.8) is 0 Å². The van der Waals surface area contributed by atoms with E-state index in [1.807, 2.05) is 6.92 Å². The Balaban J connectivity index is 2.92. The molecular weight excluding hydrogens is 275 g/mol. The topological polar surface area (TPSA) is 9.23 Å².